The van der Waals surface area contributed by atoms with E-state index in [4.69, 9.17) is 9.26 Å². The molecule has 0 spiro atoms. The van der Waals surface area contributed by atoms with Crippen LogP contribution in [0.4, 0.5) is 0 Å². The van der Waals surface area contributed by atoms with E-state index in [-0.39, 0.29) is 18.4 Å². The molecule has 7 heteroatoms. The molecule has 0 unspecified atom stereocenters. The van der Waals surface area contributed by atoms with Crippen LogP contribution in [0.3, 0.4) is 0 Å². The molecule has 0 N–H and O–H groups in total. The van der Waals surface area contributed by atoms with E-state index >= 15 is 0 Å². The Kier molecular flexibility index (Phi) is 4.63. The van der Waals surface area contributed by atoms with Gasteiger partial charge in [0.25, 0.3) is 11.8 Å². The lowest BCUT2D eigenvalue weighted by atomic mass is 9.98. The molecule has 1 fully saturated rings. The number of carbonyl (C=O) groups is 1. The monoisotopic (exact) mass is 400 g/mol. The van der Waals surface area contributed by atoms with Crippen LogP contribution in [0.5, 0.6) is 5.75 Å². The summed E-state index contributed by atoms with van der Waals surface area (Å²) in [5.74, 6) is 1.80. The number of para-hydroxylation sites is 1. The zero-order chi connectivity index (χ0) is 20.5. The second kappa shape index (κ2) is 7.59. The zero-order valence-electron chi connectivity index (χ0n) is 16.5. The van der Waals surface area contributed by atoms with Gasteiger partial charge in [-0.2, -0.15) is 4.98 Å². The number of rotatable bonds is 5. The number of amides is 1. The maximum atomic E-state index is 12.9. The van der Waals surface area contributed by atoms with Crippen molar-refractivity contribution < 1.29 is 14.1 Å². The van der Waals surface area contributed by atoms with E-state index in [1.165, 1.54) is 0 Å². The molecule has 0 bridgehead atoms. The number of fused-ring (bicyclic) bond motifs is 1. The predicted octanol–water partition coefficient (Wildman–Crippen LogP) is 3.74. The predicted molar refractivity (Wildman–Crippen MR) is 110 cm³/mol. The molecule has 0 radical (unpaired) electrons. The molecule has 1 amide bonds. The van der Waals surface area contributed by atoms with E-state index in [9.17, 15) is 4.79 Å². The third-order valence-corrected chi connectivity index (χ3v) is 5.34. The SMILES string of the molecule is Cc1ccccc1OCc1nc(C2CN(C(=O)c3nccc4ccccc34)C2)no1. The minimum absolute atomic E-state index is 0.0555. The van der Waals surface area contributed by atoms with E-state index in [1.807, 2.05) is 61.5 Å². The number of nitrogens with zero attached hydrogens (tertiary/aromatic N) is 4. The first-order valence-corrected chi connectivity index (χ1v) is 9.83. The van der Waals surface area contributed by atoms with Crippen LogP contribution in [-0.2, 0) is 6.61 Å². The molecule has 30 heavy (non-hydrogen) atoms. The van der Waals surface area contributed by atoms with Gasteiger partial charge in [0, 0.05) is 24.7 Å². The molecule has 7 nitrogen and oxygen atoms in total. The molecular weight excluding hydrogens is 380 g/mol. The molecule has 150 valence electrons. The first kappa shape index (κ1) is 18.3. The summed E-state index contributed by atoms with van der Waals surface area (Å²) in [7, 11) is 0. The van der Waals surface area contributed by atoms with Gasteiger partial charge in [0.1, 0.15) is 11.4 Å². The number of aryl methyl sites for hydroxylation is 1. The summed E-state index contributed by atoms with van der Waals surface area (Å²) in [6, 6.07) is 17.5. The van der Waals surface area contributed by atoms with Crippen LogP contribution < -0.4 is 4.74 Å². The lowest BCUT2D eigenvalue weighted by Gasteiger charge is -2.37. The maximum absolute atomic E-state index is 12.9. The second-order valence-electron chi connectivity index (χ2n) is 7.39. The average molecular weight is 400 g/mol. The van der Waals surface area contributed by atoms with E-state index < -0.39 is 0 Å². The highest BCUT2D eigenvalue weighted by molar-refractivity contribution is 6.05. The van der Waals surface area contributed by atoms with Gasteiger partial charge in [0.05, 0.1) is 5.92 Å². The molecular formula is C23H20N4O3. The van der Waals surface area contributed by atoms with E-state index in [0.717, 1.165) is 22.1 Å². The molecule has 3 heterocycles. The summed E-state index contributed by atoms with van der Waals surface area (Å²) >= 11 is 0. The van der Waals surface area contributed by atoms with Crippen molar-refractivity contribution in [3.05, 3.63) is 83.8 Å². The van der Waals surface area contributed by atoms with Crippen molar-refractivity contribution in [2.45, 2.75) is 19.4 Å². The highest BCUT2D eigenvalue weighted by Gasteiger charge is 2.36. The summed E-state index contributed by atoms with van der Waals surface area (Å²) in [6.07, 6.45) is 1.67. The van der Waals surface area contributed by atoms with Crippen molar-refractivity contribution in [3.8, 4) is 5.75 Å². The van der Waals surface area contributed by atoms with Gasteiger partial charge >= 0.3 is 0 Å². The number of benzene rings is 2. The normalized spacial score (nSPS) is 14.0. The van der Waals surface area contributed by atoms with Crippen LogP contribution in [0.25, 0.3) is 10.8 Å². The topological polar surface area (TPSA) is 81.4 Å². The number of carbonyl (C=O) groups excluding carboxylic acids is 1. The average Bonchev–Trinajstić information content (AvgIpc) is 3.20. The molecule has 2 aromatic heterocycles. The fourth-order valence-electron chi connectivity index (χ4n) is 3.60. The Labute approximate surface area is 173 Å². The Hall–Kier alpha value is -3.74. The van der Waals surface area contributed by atoms with Crippen molar-refractivity contribution in [2.24, 2.45) is 0 Å². The number of pyridine rings is 1. The van der Waals surface area contributed by atoms with E-state index in [0.29, 0.717) is 30.5 Å². The molecule has 4 aromatic rings. The summed E-state index contributed by atoms with van der Waals surface area (Å²) in [4.78, 5) is 23.4. The number of ether oxygens (including phenoxy) is 1. The molecule has 1 aliphatic heterocycles. The lowest BCUT2D eigenvalue weighted by molar-refractivity contribution is 0.0588. The number of hydrogen-bond donors (Lipinski definition) is 0. The van der Waals surface area contributed by atoms with Crippen LogP contribution in [-0.4, -0.2) is 39.0 Å². The number of likely N-dealkylation sites (tertiary alicyclic amines) is 1. The van der Waals surface area contributed by atoms with Crippen molar-refractivity contribution in [1.29, 1.82) is 0 Å². The molecule has 1 aliphatic rings. The van der Waals surface area contributed by atoms with E-state index in [1.54, 1.807) is 11.1 Å². The standard InChI is InChI=1S/C23H20N4O3/c1-15-6-2-5-9-19(15)29-14-20-25-22(26-30-20)17-12-27(13-17)23(28)21-18-8-4-3-7-16(18)10-11-24-21/h2-11,17H,12-14H2,1H3. The summed E-state index contributed by atoms with van der Waals surface area (Å²) in [5.41, 5.74) is 1.53. The third-order valence-electron chi connectivity index (χ3n) is 5.34. The van der Waals surface area contributed by atoms with Gasteiger partial charge in [-0.1, -0.05) is 47.6 Å². The number of aromatic nitrogens is 3. The fourth-order valence-corrected chi connectivity index (χ4v) is 3.60. The van der Waals surface area contributed by atoms with Gasteiger partial charge in [-0.05, 0) is 30.0 Å². The van der Waals surface area contributed by atoms with Crippen molar-refractivity contribution in [1.82, 2.24) is 20.0 Å². The molecule has 0 atom stereocenters. The van der Waals surface area contributed by atoms with Gasteiger partial charge in [-0.3, -0.25) is 9.78 Å². The van der Waals surface area contributed by atoms with Crippen LogP contribution in [0.2, 0.25) is 0 Å². The fraction of sp³-hybridized carbons (Fsp3) is 0.217. The number of hydrogen-bond acceptors (Lipinski definition) is 6. The Morgan fingerprint density at radius 2 is 1.93 bits per heavy atom. The van der Waals surface area contributed by atoms with Crippen LogP contribution in [0.15, 0.2) is 65.3 Å². The van der Waals surface area contributed by atoms with E-state index in [2.05, 4.69) is 15.1 Å². The summed E-state index contributed by atoms with van der Waals surface area (Å²) in [5, 5.41) is 5.94. The lowest BCUT2D eigenvalue weighted by Crippen LogP contribution is -2.49. The minimum atomic E-state index is -0.0744. The van der Waals surface area contributed by atoms with Crippen LogP contribution in [0.1, 0.15) is 33.7 Å². The summed E-state index contributed by atoms with van der Waals surface area (Å²) < 4.78 is 11.1. The second-order valence-corrected chi connectivity index (χ2v) is 7.39. The Morgan fingerprint density at radius 1 is 1.13 bits per heavy atom. The van der Waals surface area contributed by atoms with Crippen LogP contribution in [0, 0.1) is 6.92 Å². The minimum Gasteiger partial charge on any atom is -0.483 e. The van der Waals surface area contributed by atoms with Gasteiger partial charge in [0.2, 0.25) is 0 Å². The third kappa shape index (κ3) is 3.39. The summed E-state index contributed by atoms with van der Waals surface area (Å²) in [6.45, 7) is 3.29. The smallest absolute Gasteiger partial charge is 0.273 e. The van der Waals surface area contributed by atoms with Crippen molar-refractivity contribution >= 4 is 16.7 Å². The first-order chi connectivity index (χ1) is 14.7. The van der Waals surface area contributed by atoms with Gasteiger partial charge < -0.3 is 14.2 Å². The Balaban J connectivity index is 1.22. The highest BCUT2D eigenvalue weighted by atomic mass is 16.5. The first-order valence-electron chi connectivity index (χ1n) is 9.83. The molecule has 0 saturated carbocycles. The molecule has 0 aliphatic carbocycles. The van der Waals surface area contributed by atoms with Crippen molar-refractivity contribution in [3.63, 3.8) is 0 Å². The van der Waals surface area contributed by atoms with Crippen molar-refractivity contribution in [2.75, 3.05) is 13.1 Å². The quantitative estimate of drug-likeness (QED) is 0.508. The van der Waals surface area contributed by atoms with Gasteiger partial charge in [0.15, 0.2) is 12.4 Å². The zero-order valence-corrected chi connectivity index (χ0v) is 16.5. The molecule has 1 saturated heterocycles. The highest BCUT2D eigenvalue weighted by Crippen LogP contribution is 2.28. The molecule has 5 rings (SSSR count). The van der Waals surface area contributed by atoms with Gasteiger partial charge in [-0.25, -0.2) is 0 Å². The Morgan fingerprint density at radius 3 is 2.80 bits per heavy atom. The maximum Gasteiger partial charge on any atom is 0.273 e. The van der Waals surface area contributed by atoms with Gasteiger partial charge in [-0.15, -0.1) is 0 Å². The Bertz CT molecular complexity index is 1210. The largest absolute Gasteiger partial charge is 0.483 e. The van der Waals surface area contributed by atoms with Crippen LogP contribution >= 0.6 is 0 Å². The molecule has 2 aromatic carbocycles.